The number of amides is 1. The van der Waals surface area contributed by atoms with Crippen molar-refractivity contribution in [2.45, 2.75) is 26.3 Å². The third-order valence-electron chi connectivity index (χ3n) is 4.84. The van der Waals surface area contributed by atoms with E-state index in [2.05, 4.69) is 39.2 Å². The highest BCUT2D eigenvalue weighted by Gasteiger charge is 2.28. The van der Waals surface area contributed by atoms with E-state index in [1.807, 2.05) is 30.3 Å². The number of carbonyl (C=O) groups is 1. The molecule has 0 saturated carbocycles. The van der Waals surface area contributed by atoms with Crippen LogP contribution in [0.15, 0.2) is 54.6 Å². The summed E-state index contributed by atoms with van der Waals surface area (Å²) in [5.41, 5.74) is 3.41. The molecule has 1 aliphatic heterocycles. The normalized spacial score (nSPS) is 15.2. The molecular weight excluding hydrogens is 352 g/mol. The van der Waals surface area contributed by atoms with E-state index >= 15 is 0 Å². The number of aryl methyl sites for hydroxylation is 1. The molecule has 1 unspecified atom stereocenters. The predicted molar refractivity (Wildman–Crippen MR) is 109 cm³/mol. The summed E-state index contributed by atoms with van der Waals surface area (Å²) in [4.78, 5) is 23.9. The van der Waals surface area contributed by atoms with Crippen LogP contribution in [0.2, 0.25) is 0 Å². The summed E-state index contributed by atoms with van der Waals surface area (Å²) in [7, 11) is 1.59. The zero-order valence-electron chi connectivity index (χ0n) is 16.1. The first-order chi connectivity index (χ1) is 13.5. The summed E-state index contributed by atoms with van der Waals surface area (Å²) in [6, 6.07) is 17.6. The SMILES string of the molecule is COc1cccc(NC(=O)c2cc(N3c4ccccc4CC3C)nc(C)n2)c1. The van der Waals surface area contributed by atoms with Crippen LogP contribution in [0.25, 0.3) is 0 Å². The van der Waals surface area contributed by atoms with Crippen molar-refractivity contribution >= 4 is 23.1 Å². The van der Waals surface area contributed by atoms with Gasteiger partial charge in [0, 0.05) is 29.5 Å². The van der Waals surface area contributed by atoms with Crippen molar-refractivity contribution in [3.05, 3.63) is 71.7 Å². The molecule has 2 aromatic carbocycles. The van der Waals surface area contributed by atoms with Crippen molar-refractivity contribution in [3.8, 4) is 5.75 Å². The van der Waals surface area contributed by atoms with Crippen molar-refractivity contribution in [2.75, 3.05) is 17.3 Å². The van der Waals surface area contributed by atoms with Gasteiger partial charge in [-0.1, -0.05) is 24.3 Å². The summed E-state index contributed by atoms with van der Waals surface area (Å²) < 4.78 is 5.21. The third kappa shape index (κ3) is 3.41. The van der Waals surface area contributed by atoms with E-state index in [0.717, 1.165) is 17.9 Å². The van der Waals surface area contributed by atoms with Gasteiger partial charge in [-0.25, -0.2) is 9.97 Å². The van der Waals surface area contributed by atoms with Gasteiger partial charge in [0.05, 0.1) is 7.11 Å². The van der Waals surface area contributed by atoms with Crippen LogP contribution < -0.4 is 15.0 Å². The zero-order valence-corrected chi connectivity index (χ0v) is 16.1. The van der Waals surface area contributed by atoms with Crippen molar-refractivity contribution < 1.29 is 9.53 Å². The number of nitrogens with one attached hydrogen (secondary N) is 1. The Morgan fingerprint density at radius 1 is 1.14 bits per heavy atom. The Morgan fingerprint density at radius 2 is 1.96 bits per heavy atom. The number of fused-ring (bicyclic) bond motifs is 1. The summed E-state index contributed by atoms with van der Waals surface area (Å²) >= 11 is 0. The predicted octanol–water partition coefficient (Wildman–Crippen LogP) is 4.13. The van der Waals surface area contributed by atoms with E-state index in [1.54, 1.807) is 26.2 Å². The molecule has 0 radical (unpaired) electrons. The fourth-order valence-electron chi connectivity index (χ4n) is 3.60. The van der Waals surface area contributed by atoms with Crippen molar-refractivity contribution in [1.29, 1.82) is 0 Å². The molecule has 1 aromatic heterocycles. The number of rotatable bonds is 4. The topological polar surface area (TPSA) is 67.3 Å². The number of ether oxygens (including phenoxy) is 1. The summed E-state index contributed by atoms with van der Waals surface area (Å²) in [6.07, 6.45) is 0.949. The number of methoxy groups -OCH3 is 1. The summed E-state index contributed by atoms with van der Waals surface area (Å²) in [6.45, 7) is 3.96. The molecule has 1 N–H and O–H groups in total. The van der Waals surface area contributed by atoms with Crippen LogP contribution in [0.5, 0.6) is 5.75 Å². The van der Waals surface area contributed by atoms with E-state index in [9.17, 15) is 4.79 Å². The Hall–Kier alpha value is -3.41. The van der Waals surface area contributed by atoms with Crippen LogP contribution in [-0.4, -0.2) is 29.0 Å². The monoisotopic (exact) mass is 374 g/mol. The number of hydrogen-bond donors (Lipinski definition) is 1. The Bertz CT molecular complexity index is 1030. The maximum Gasteiger partial charge on any atom is 0.274 e. The molecule has 1 atom stereocenters. The fraction of sp³-hybridized carbons (Fsp3) is 0.227. The van der Waals surface area contributed by atoms with Gasteiger partial charge in [0.15, 0.2) is 0 Å². The van der Waals surface area contributed by atoms with Crippen molar-refractivity contribution in [3.63, 3.8) is 0 Å². The molecule has 142 valence electrons. The third-order valence-corrected chi connectivity index (χ3v) is 4.84. The lowest BCUT2D eigenvalue weighted by atomic mass is 10.1. The Labute approximate surface area is 164 Å². The standard InChI is InChI=1S/C22H22N4O2/c1-14-11-16-7-4-5-10-20(16)26(14)21-13-19(23-15(2)24-21)22(27)25-17-8-6-9-18(12-17)28-3/h4-10,12-14H,11H2,1-3H3,(H,25,27). The molecule has 3 aromatic rings. The Morgan fingerprint density at radius 3 is 2.79 bits per heavy atom. The Kier molecular flexibility index (Phi) is 4.69. The minimum absolute atomic E-state index is 0.265. The maximum atomic E-state index is 12.8. The summed E-state index contributed by atoms with van der Waals surface area (Å²) in [5, 5.41) is 2.88. The molecule has 0 spiro atoms. The van der Waals surface area contributed by atoms with Crippen LogP contribution in [0.3, 0.4) is 0 Å². The molecule has 0 aliphatic carbocycles. The van der Waals surface area contributed by atoms with E-state index in [1.165, 1.54) is 5.56 Å². The van der Waals surface area contributed by atoms with Crippen LogP contribution in [-0.2, 0) is 6.42 Å². The smallest absolute Gasteiger partial charge is 0.274 e. The molecule has 6 heteroatoms. The quantitative estimate of drug-likeness (QED) is 0.744. The van der Waals surface area contributed by atoms with Crippen molar-refractivity contribution in [2.24, 2.45) is 0 Å². The molecule has 4 rings (SSSR count). The van der Waals surface area contributed by atoms with Crippen LogP contribution in [0, 0.1) is 6.92 Å². The average Bonchev–Trinajstić information content (AvgIpc) is 3.03. The lowest BCUT2D eigenvalue weighted by molar-refractivity contribution is 0.102. The van der Waals surface area contributed by atoms with Gasteiger partial charge in [0.2, 0.25) is 0 Å². The van der Waals surface area contributed by atoms with E-state index in [4.69, 9.17) is 4.74 Å². The molecule has 1 amide bonds. The van der Waals surface area contributed by atoms with Gasteiger partial charge >= 0.3 is 0 Å². The lowest BCUT2D eigenvalue weighted by Gasteiger charge is -2.24. The number of aromatic nitrogens is 2. The molecule has 0 saturated heterocycles. The number of benzene rings is 2. The lowest BCUT2D eigenvalue weighted by Crippen LogP contribution is -2.26. The number of anilines is 3. The number of para-hydroxylation sites is 1. The van der Waals surface area contributed by atoms with Gasteiger partial charge in [0.1, 0.15) is 23.1 Å². The highest BCUT2D eigenvalue weighted by atomic mass is 16.5. The highest BCUT2D eigenvalue weighted by Crippen LogP contribution is 2.37. The minimum Gasteiger partial charge on any atom is -0.497 e. The van der Waals surface area contributed by atoms with Gasteiger partial charge in [0.25, 0.3) is 5.91 Å². The molecule has 0 fully saturated rings. The second-order valence-electron chi connectivity index (χ2n) is 6.90. The first-order valence-electron chi connectivity index (χ1n) is 9.23. The molecule has 1 aliphatic rings. The second-order valence-corrected chi connectivity index (χ2v) is 6.90. The minimum atomic E-state index is -0.278. The number of hydrogen-bond acceptors (Lipinski definition) is 5. The van der Waals surface area contributed by atoms with Gasteiger partial charge in [-0.05, 0) is 44.0 Å². The molecule has 28 heavy (non-hydrogen) atoms. The Balaban J connectivity index is 1.65. The van der Waals surface area contributed by atoms with E-state index < -0.39 is 0 Å². The zero-order chi connectivity index (χ0) is 19.7. The van der Waals surface area contributed by atoms with E-state index in [0.29, 0.717) is 23.0 Å². The van der Waals surface area contributed by atoms with Crippen LogP contribution >= 0.6 is 0 Å². The van der Waals surface area contributed by atoms with Crippen LogP contribution in [0.1, 0.15) is 28.8 Å². The second kappa shape index (κ2) is 7.31. The van der Waals surface area contributed by atoms with Gasteiger partial charge in [-0.2, -0.15) is 0 Å². The summed E-state index contributed by atoms with van der Waals surface area (Å²) in [5.74, 6) is 1.70. The average molecular weight is 374 g/mol. The van der Waals surface area contributed by atoms with Crippen molar-refractivity contribution in [1.82, 2.24) is 9.97 Å². The van der Waals surface area contributed by atoms with E-state index in [-0.39, 0.29) is 11.9 Å². The molecular formula is C22H22N4O2. The molecule has 2 heterocycles. The first kappa shape index (κ1) is 18.0. The highest BCUT2D eigenvalue weighted by molar-refractivity contribution is 6.03. The molecule has 0 bridgehead atoms. The maximum absolute atomic E-state index is 12.8. The van der Waals surface area contributed by atoms with Gasteiger partial charge < -0.3 is 15.0 Å². The number of carbonyl (C=O) groups excluding carboxylic acids is 1. The van der Waals surface area contributed by atoms with Gasteiger partial charge in [-0.15, -0.1) is 0 Å². The fourth-order valence-corrected chi connectivity index (χ4v) is 3.60. The first-order valence-corrected chi connectivity index (χ1v) is 9.23. The molecule has 6 nitrogen and oxygen atoms in total. The van der Waals surface area contributed by atoms with Gasteiger partial charge in [-0.3, -0.25) is 4.79 Å². The van der Waals surface area contributed by atoms with Crippen LogP contribution in [0.4, 0.5) is 17.2 Å². The number of nitrogens with zero attached hydrogens (tertiary/aromatic N) is 3. The largest absolute Gasteiger partial charge is 0.497 e.